The van der Waals surface area contributed by atoms with Gasteiger partial charge in [0.05, 0.1) is 17.3 Å². The molecule has 1 amide bonds. The van der Waals surface area contributed by atoms with Crippen LogP contribution in [-0.4, -0.2) is 25.1 Å². The number of hydrogen-bond acceptors (Lipinski definition) is 5. The van der Waals surface area contributed by atoms with Gasteiger partial charge in [-0.3, -0.25) is 4.79 Å². The number of benzene rings is 2. The van der Waals surface area contributed by atoms with Crippen LogP contribution in [0.2, 0.25) is 0 Å². The van der Waals surface area contributed by atoms with E-state index < -0.39 is 30.9 Å². The van der Waals surface area contributed by atoms with Gasteiger partial charge in [0.15, 0.2) is 13.2 Å². The average molecular weight is 407 g/mol. The topological polar surface area (TPSA) is 88.4 Å². The van der Waals surface area contributed by atoms with Crippen LogP contribution < -0.4 is 10.1 Å². The Bertz CT molecular complexity index is 818. The number of amides is 1. The predicted molar refractivity (Wildman–Crippen MR) is 90.3 cm³/mol. The minimum atomic E-state index is -0.754. The van der Waals surface area contributed by atoms with Crippen LogP contribution in [-0.2, 0) is 14.3 Å². The molecule has 0 atom stereocenters. The van der Waals surface area contributed by atoms with Crippen LogP contribution in [0.15, 0.2) is 46.9 Å². The van der Waals surface area contributed by atoms with E-state index in [4.69, 9.17) is 14.7 Å². The Hall–Kier alpha value is -2.92. The molecule has 6 nitrogen and oxygen atoms in total. The lowest BCUT2D eigenvalue weighted by molar-refractivity contribution is -0.149. The average Bonchev–Trinajstić information content (AvgIpc) is 2.61. The lowest BCUT2D eigenvalue weighted by atomic mass is 10.2. The molecule has 0 saturated carbocycles. The number of halogens is 2. The molecule has 25 heavy (non-hydrogen) atoms. The van der Waals surface area contributed by atoms with Gasteiger partial charge in [0.25, 0.3) is 5.91 Å². The number of ether oxygens (including phenoxy) is 2. The second-order valence-corrected chi connectivity index (χ2v) is 5.67. The highest BCUT2D eigenvalue weighted by Crippen LogP contribution is 2.19. The summed E-state index contributed by atoms with van der Waals surface area (Å²) in [6.07, 6.45) is 0. The molecule has 8 heteroatoms. The van der Waals surface area contributed by atoms with E-state index >= 15 is 0 Å². The number of nitrogens with one attached hydrogen (secondary N) is 1. The van der Waals surface area contributed by atoms with E-state index in [0.717, 1.165) is 0 Å². The van der Waals surface area contributed by atoms with Crippen molar-refractivity contribution in [2.75, 3.05) is 18.5 Å². The summed E-state index contributed by atoms with van der Waals surface area (Å²) in [4.78, 5) is 23.2. The van der Waals surface area contributed by atoms with E-state index in [9.17, 15) is 14.0 Å². The van der Waals surface area contributed by atoms with Gasteiger partial charge in [0.1, 0.15) is 11.6 Å². The molecule has 2 aromatic rings. The largest absolute Gasteiger partial charge is 0.482 e. The first-order valence-corrected chi connectivity index (χ1v) is 7.80. The summed E-state index contributed by atoms with van der Waals surface area (Å²) >= 11 is 3.10. The molecule has 0 aliphatic heterocycles. The van der Waals surface area contributed by atoms with Crippen molar-refractivity contribution in [1.29, 1.82) is 5.26 Å². The van der Waals surface area contributed by atoms with E-state index in [1.807, 2.05) is 6.07 Å². The molecule has 0 aliphatic carbocycles. The molecule has 2 rings (SSSR count). The van der Waals surface area contributed by atoms with Crippen LogP contribution >= 0.6 is 15.9 Å². The van der Waals surface area contributed by atoms with Crippen molar-refractivity contribution in [3.8, 4) is 11.8 Å². The SMILES string of the molecule is N#Cc1ccc(OCC(=O)OCC(=O)Nc2ccc(Br)cc2F)cc1. The summed E-state index contributed by atoms with van der Waals surface area (Å²) in [5, 5.41) is 11.0. The highest BCUT2D eigenvalue weighted by molar-refractivity contribution is 9.10. The number of hydrogen-bond donors (Lipinski definition) is 1. The first kappa shape index (κ1) is 18.4. The van der Waals surface area contributed by atoms with Crippen molar-refractivity contribution >= 4 is 33.5 Å². The summed E-state index contributed by atoms with van der Waals surface area (Å²) in [6, 6.07) is 12.3. The highest BCUT2D eigenvalue weighted by Gasteiger charge is 2.11. The summed E-state index contributed by atoms with van der Waals surface area (Å²) in [5.74, 6) is -1.65. The summed E-state index contributed by atoms with van der Waals surface area (Å²) in [5.41, 5.74) is 0.449. The third-order valence-electron chi connectivity index (χ3n) is 2.91. The number of nitriles is 1. The third kappa shape index (κ3) is 5.90. The predicted octanol–water partition coefficient (Wildman–Crippen LogP) is 3.02. The molecule has 0 spiro atoms. The molecule has 1 N–H and O–H groups in total. The zero-order chi connectivity index (χ0) is 18.2. The summed E-state index contributed by atoms with van der Waals surface area (Å²) < 4.78 is 24.0. The van der Waals surface area contributed by atoms with Crippen molar-refractivity contribution in [3.05, 3.63) is 58.3 Å². The standard InChI is InChI=1S/C17H12BrFN2O4/c18-12-3-6-15(14(19)7-12)21-16(22)9-25-17(23)10-24-13-4-1-11(8-20)2-5-13/h1-7H,9-10H2,(H,21,22). The molecule has 0 bridgehead atoms. The second-order valence-electron chi connectivity index (χ2n) is 4.76. The van der Waals surface area contributed by atoms with Crippen LogP contribution in [0.1, 0.15) is 5.56 Å². The quantitative estimate of drug-likeness (QED) is 0.744. The highest BCUT2D eigenvalue weighted by atomic mass is 79.9. The van der Waals surface area contributed by atoms with E-state index in [1.165, 1.54) is 24.3 Å². The Balaban J connectivity index is 1.75. The van der Waals surface area contributed by atoms with Gasteiger partial charge in [0, 0.05) is 4.47 Å². The molecule has 0 heterocycles. The molecule has 2 aromatic carbocycles. The van der Waals surface area contributed by atoms with Crippen molar-refractivity contribution in [3.63, 3.8) is 0 Å². The Morgan fingerprint density at radius 1 is 1.16 bits per heavy atom. The van der Waals surface area contributed by atoms with Gasteiger partial charge in [-0.15, -0.1) is 0 Å². The maximum Gasteiger partial charge on any atom is 0.344 e. The normalized spacial score (nSPS) is 9.80. The second kappa shape index (κ2) is 8.80. The summed E-state index contributed by atoms with van der Waals surface area (Å²) in [7, 11) is 0. The molecule has 128 valence electrons. The number of carbonyl (C=O) groups excluding carboxylic acids is 2. The Labute approximate surface area is 151 Å². The van der Waals surface area contributed by atoms with E-state index in [-0.39, 0.29) is 5.69 Å². The fraction of sp³-hybridized carbons (Fsp3) is 0.118. The molecule has 0 unspecified atom stereocenters. The molecule has 0 aromatic heterocycles. The van der Waals surface area contributed by atoms with Crippen molar-refractivity contribution in [1.82, 2.24) is 0 Å². The van der Waals surface area contributed by atoms with Gasteiger partial charge in [-0.25, -0.2) is 9.18 Å². The fourth-order valence-corrected chi connectivity index (χ4v) is 2.07. The molecule has 0 aliphatic rings. The van der Waals surface area contributed by atoms with Crippen molar-refractivity contribution in [2.45, 2.75) is 0 Å². The Kier molecular flexibility index (Phi) is 6.48. The van der Waals surface area contributed by atoms with Crippen LogP contribution in [0.5, 0.6) is 5.75 Å². The Morgan fingerprint density at radius 2 is 1.88 bits per heavy atom. The fourth-order valence-electron chi connectivity index (χ4n) is 1.73. The van der Waals surface area contributed by atoms with Gasteiger partial charge in [-0.05, 0) is 42.5 Å². The molecular weight excluding hydrogens is 395 g/mol. The minimum Gasteiger partial charge on any atom is -0.482 e. The van der Waals surface area contributed by atoms with Crippen LogP contribution in [0, 0.1) is 17.1 Å². The smallest absolute Gasteiger partial charge is 0.344 e. The molecule has 0 saturated heterocycles. The number of nitrogens with zero attached hydrogens (tertiary/aromatic N) is 1. The summed E-state index contributed by atoms with van der Waals surface area (Å²) in [6.45, 7) is -0.961. The van der Waals surface area contributed by atoms with Crippen molar-refractivity contribution < 1.29 is 23.5 Å². The van der Waals surface area contributed by atoms with Gasteiger partial charge >= 0.3 is 5.97 Å². The minimum absolute atomic E-state index is 0.0157. The van der Waals surface area contributed by atoms with Gasteiger partial charge in [0.2, 0.25) is 0 Å². The maximum atomic E-state index is 13.6. The monoisotopic (exact) mass is 406 g/mol. The number of anilines is 1. The van der Waals surface area contributed by atoms with E-state index in [0.29, 0.717) is 15.8 Å². The van der Waals surface area contributed by atoms with Gasteiger partial charge in [-0.2, -0.15) is 5.26 Å². The molecule has 0 radical (unpaired) electrons. The van der Waals surface area contributed by atoms with Crippen LogP contribution in [0.4, 0.5) is 10.1 Å². The third-order valence-corrected chi connectivity index (χ3v) is 3.40. The molecular formula is C17H12BrFN2O4. The first-order valence-electron chi connectivity index (χ1n) is 7.01. The van der Waals surface area contributed by atoms with E-state index in [2.05, 4.69) is 21.2 Å². The first-order chi connectivity index (χ1) is 12.0. The Morgan fingerprint density at radius 3 is 2.52 bits per heavy atom. The van der Waals surface area contributed by atoms with Crippen molar-refractivity contribution in [2.24, 2.45) is 0 Å². The van der Waals surface area contributed by atoms with Crippen LogP contribution in [0.3, 0.4) is 0 Å². The lowest BCUT2D eigenvalue weighted by Gasteiger charge is -2.08. The maximum absolute atomic E-state index is 13.6. The van der Waals surface area contributed by atoms with Crippen LogP contribution in [0.25, 0.3) is 0 Å². The van der Waals surface area contributed by atoms with E-state index in [1.54, 1.807) is 18.2 Å². The van der Waals surface area contributed by atoms with Gasteiger partial charge < -0.3 is 14.8 Å². The number of carbonyl (C=O) groups is 2. The lowest BCUT2D eigenvalue weighted by Crippen LogP contribution is -2.24. The molecule has 0 fully saturated rings. The number of esters is 1. The zero-order valence-corrected chi connectivity index (χ0v) is 14.4. The zero-order valence-electron chi connectivity index (χ0n) is 12.8. The van der Waals surface area contributed by atoms with Gasteiger partial charge in [-0.1, -0.05) is 15.9 Å². The number of rotatable bonds is 6.